The lowest BCUT2D eigenvalue weighted by molar-refractivity contribution is -0.185. The third-order valence-corrected chi connectivity index (χ3v) is 4.06. The van der Waals surface area contributed by atoms with Crippen LogP contribution in [-0.2, 0) is 0 Å². The molecule has 1 aromatic rings. The Balaban J connectivity index is 2.09. The molecule has 0 aliphatic heterocycles. The minimum Gasteiger partial charge on any atom is -0.388 e. The Hall–Kier alpha value is -1.24. The van der Waals surface area contributed by atoms with Gasteiger partial charge < -0.3 is 5.11 Å². The predicted molar refractivity (Wildman–Crippen MR) is 62.8 cm³/mol. The normalized spacial score (nSPS) is 24.9. The van der Waals surface area contributed by atoms with E-state index in [1.54, 1.807) is 0 Å². The van der Waals surface area contributed by atoms with Crippen LogP contribution in [0.25, 0.3) is 0 Å². The summed E-state index contributed by atoms with van der Waals surface area (Å²) in [6, 6.07) is 1.62. The zero-order valence-corrected chi connectivity index (χ0v) is 10.9. The number of rotatable bonds is 2. The van der Waals surface area contributed by atoms with Gasteiger partial charge in [-0.1, -0.05) is 6.07 Å². The van der Waals surface area contributed by atoms with Gasteiger partial charge in [-0.3, -0.25) is 0 Å². The van der Waals surface area contributed by atoms with Crippen LogP contribution in [0.2, 0.25) is 0 Å². The van der Waals surface area contributed by atoms with E-state index in [9.17, 15) is 31.4 Å². The van der Waals surface area contributed by atoms with Crippen molar-refractivity contribution in [3.05, 3.63) is 35.1 Å². The molecule has 0 bridgehead atoms. The first-order valence-corrected chi connectivity index (χ1v) is 6.60. The van der Waals surface area contributed by atoms with Crippen molar-refractivity contribution in [3.63, 3.8) is 0 Å². The average molecular weight is 312 g/mol. The first-order valence-electron chi connectivity index (χ1n) is 6.60. The van der Waals surface area contributed by atoms with Crippen molar-refractivity contribution in [1.82, 2.24) is 0 Å². The highest BCUT2D eigenvalue weighted by Crippen LogP contribution is 2.43. The Morgan fingerprint density at radius 3 is 2.05 bits per heavy atom. The van der Waals surface area contributed by atoms with E-state index < -0.39 is 47.1 Å². The highest BCUT2D eigenvalue weighted by atomic mass is 19.4. The van der Waals surface area contributed by atoms with Crippen molar-refractivity contribution in [1.29, 1.82) is 0 Å². The molecular weight excluding hydrogens is 298 g/mol. The number of benzene rings is 1. The molecule has 0 saturated heterocycles. The Labute approximate surface area is 117 Å². The van der Waals surface area contributed by atoms with Gasteiger partial charge in [-0.2, -0.15) is 13.2 Å². The Kier molecular flexibility index (Phi) is 4.51. The van der Waals surface area contributed by atoms with Gasteiger partial charge in [0.05, 0.1) is 12.0 Å². The van der Waals surface area contributed by atoms with E-state index >= 15 is 0 Å². The zero-order chi connectivity index (χ0) is 15.8. The lowest BCUT2D eigenvalue weighted by atomic mass is 9.77. The molecule has 7 heteroatoms. The van der Waals surface area contributed by atoms with Gasteiger partial charge in [0, 0.05) is 5.56 Å². The summed E-state index contributed by atoms with van der Waals surface area (Å²) < 4.78 is 77.2. The number of halogens is 6. The van der Waals surface area contributed by atoms with Gasteiger partial charge in [0.1, 0.15) is 0 Å². The summed E-state index contributed by atoms with van der Waals surface area (Å²) in [6.07, 6.45) is -5.90. The largest absolute Gasteiger partial charge is 0.391 e. The van der Waals surface area contributed by atoms with Gasteiger partial charge in [0.25, 0.3) is 0 Å². The maximum absolute atomic E-state index is 13.6. The summed E-state index contributed by atoms with van der Waals surface area (Å²) in [7, 11) is 0. The molecule has 0 amide bonds. The molecule has 0 heterocycles. The molecule has 0 spiro atoms. The van der Waals surface area contributed by atoms with Crippen molar-refractivity contribution in [2.24, 2.45) is 11.8 Å². The molecule has 0 aromatic heterocycles. The van der Waals surface area contributed by atoms with Crippen LogP contribution in [0.4, 0.5) is 26.3 Å². The van der Waals surface area contributed by atoms with E-state index in [-0.39, 0.29) is 25.7 Å². The molecule has 118 valence electrons. The number of aliphatic hydroxyl groups excluding tert-OH is 1. The van der Waals surface area contributed by atoms with E-state index in [0.29, 0.717) is 6.07 Å². The van der Waals surface area contributed by atoms with Gasteiger partial charge in [0.15, 0.2) is 17.5 Å². The van der Waals surface area contributed by atoms with Crippen LogP contribution in [0.3, 0.4) is 0 Å². The summed E-state index contributed by atoms with van der Waals surface area (Å²) in [5, 5.41) is 10.0. The second-order valence-electron chi connectivity index (χ2n) is 5.36. The molecule has 0 radical (unpaired) electrons. The molecule has 1 unspecified atom stereocenters. The fourth-order valence-corrected chi connectivity index (χ4v) is 2.79. The van der Waals surface area contributed by atoms with Crippen LogP contribution in [0.5, 0.6) is 0 Å². The highest BCUT2D eigenvalue weighted by molar-refractivity contribution is 5.23. The SMILES string of the molecule is OC(c1ccc(F)c(F)c1F)C1CCC(C(F)(F)F)CC1. The monoisotopic (exact) mass is 312 g/mol. The van der Waals surface area contributed by atoms with Crippen LogP contribution in [-0.4, -0.2) is 11.3 Å². The van der Waals surface area contributed by atoms with E-state index in [0.717, 1.165) is 6.07 Å². The van der Waals surface area contributed by atoms with Crippen LogP contribution in [0, 0.1) is 29.3 Å². The van der Waals surface area contributed by atoms with E-state index in [1.165, 1.54) is 0 Å². The van der Waals surface area contributed by atoms with Gasteiger partial charge >= 0.3 is 6.18 Å². The number of hydrogen-bond acceptors (Lipinski definition) is 1. The van der Waals surface area contributed by atoms with Crippen LogP contribution < -0.4 is 0 Å². The Morgan fingerprint density at radius 1 is 0.952 bits per heavy atom. The third kappa shape index (κ3) is 3.33. The van der Waals surface area contributed by atoms with Gasteiger partial charge in [-0.25, -0.2) is 13.2 Å². The quantitative estimate of drug-likeness (QED) is 0.629. The Bertz CT molecular complexity index is 505. The lowest BCUT2D eigenvalue weighted by Gasteiger charge is -2.32. The van der Waals surface area contributed by atoms with Crippen molar-refractivity contribution in [2.75, 3.05) is 0 Å². The topological polar surface area (TPSA) is 20.2 Å². The van der Waals surface area contributed by atoms with E-state index in [4.69, 9.17) is 0 Å². The summed E-state index contributed by atoms with van der Waals surface area (Å²) in [6.45, 7) is 0. The van der Waals surface area contributed by atoms with Gasteiger partial charge in [0.2, 0.25) is 0 Å². The molecular formula is C14H14F6O. The molecule has 1 aliphatic rings. The first kappa shape index (κ1) is 16.1. The third-order valence-electron chi connectivity index (χ3n) is 4.06. The van der Waals surface area contributed by atoms with Crippen LogP contribution >= 0.6 is 0 Å². The van der Waals surface area contributed by atoms with Crippen molar-refractivity contribution in [3.8, 4) is 0 Å². The second-order valence-corrected chi connectivity index (χ2v) is 5.36. The van der Waals surface area contributed by atoms with Crippen molar-refractivity contribution in [2.45, 2.75) is 38.0 Å². The molecule has 21 heavy (non-hydrogen) atoms. The molecule has 1 aromatic carbocycles. The molecule has 2 rings (SSSR count). The smallest absolute Gasteiger partial charge is 0.388 e. The molecule has 1 fully saturated rings. The summed E-state index contributed by atoms with van der Waals surface area (Å²) >= 11 is 0. The van der Waals surface area contributed by atoms with Crippen LogP contribution in [0.15, 0.2) is 12.1 Å². The first-order chi connectivity index (χ1) is 9.71. The fraction of sp³-hybridized carbons (Fsp3) is 0.571. The highest BCUT2D eigenvalue weighted by Gasteiger charge is 2.42. The molecule has 1 nitrogen and oxygen atoms in total. The van der Waals surface area contributed by atoms with E-state index in [2.05, 4.69) is 0 Å². The van der Waals surface area contributed by atoms with Crippen molar-refractivity contribution >= 4 is 0 Å². The lowest BCUT2D eigenvalue weighted by Crippen LogP contribution is -2.29. The Morgan fingerprint density at radius 2 is 1.52 bits per heavy atom. The number of alkyl halides is 3. The minimum atomic E-state index is -4.27. The van der Waals surface area contributed by atoms with Crippen molar-refractivity contribution < 1.29 is 31.4 Å². The fourth-order valence-electron chi connectivity index (χ4n) is 2.79. The summed E-state index contributed by atoms with van der Waals surface area (Å²) in [5.41, 5.74) is -0.413. The molecule has 1 atom stereocenters. The predicted octanol–water partition coefficient (Wildman–Crippen LogP) is 4.51. The maximum Gasteiger partial charge on any atom is 0.391 e. The minimum absolute atomic E-state index is 0.0593. The summed E-state index contributed by atoms with van der Waals surface area (Å²) in [4.78, 5) is 0. The van der Waals surface area contributed by atoms with Gasteiger partial charge in [-0.15, -0.1) is 0 Å². The number of aliphatic hydroxyl groups is 1. The molecule has 1 N–H and O–H groups in total. The standard InChI is InChI=1S/C14H14F6O/c15-10-6-5-9(11(16)12(10)17)13(21)7-1-3-8(4-2-7)14(18,19)20/h5-8,13,21H,1-4H2. The molecule has 1 saturated carbocycles. The zero-order valence-electron chi connectivity index (χ0n) is 10.9. The molecule has 1 aliphatic carbocycles. The second kappa shape index (κ2) is 5.87. The van der Waals surface area contributed by atoms with Crippen LogP contribution in [0.1, 0.15) is 37.4 Å². The van der Waals surface area contributed by atoms with E-state index in [1.807, 2.05) is 0 Å². The number of hydrogen-bond donors (Lipinski definition) is 1. The maximum atomic E-state index is 13.6. The van der Waals surface area contributed by atoms with Gasteiger partial charge in [-0.05, 0) is 37.7 Å². The average Bonchev–Trinajstić information content (AvgIpc) is 2.43. The summed E-state index contributed by atoms with van der Waals surface area (Å²) in [5.74, 6) is -6.56.